The van der Waals surface area contributed by atoms with E-state index in [0.29, 0.717) is 12.0 Å². The molecule has 3 rings (SSSR count). The summed E-state index contributed by atoms with van der Waals surface area (Å²) in [4.78, 5) is 5.60. The Hall–Kier alpha value is -1.19. The van der Waals surface area contributed by atoms with E-state index in [2.05, 4.69) is 41.5 Å². The lowest BCUT2D eigenvalue weighted by atomic mass is 9.96. The van der Waals surface area contributed by atoms with Gasteiger partial charge in [0.1, 0.15) is 0 Å². The van der Waals surface area contributed by atoms with E-state index < -0.39 is 0 Å². The molecule has 19 heavy (non-hydrogen) atoms. The summed E-state index contributed by atoms with van der Waals surface area (Å²) in [6.45, 7) is 3.32. The van der Waals surface area contributed by atoms with Crippen LogP contribution in [-0.4, -0.2) is 11.5 Å². The van der Waals surface area contributed by atoms with Crippen LogP contribution < -0.4 is 5.32 Å². The highest BCUT2D eigenvalue weighted by atomic mass is 32.1. The van der Waals surface area contributed by atoms with Crippen molar-refractivity contribution in [1.29, 1.82) is 0 Å². The minimum Gasteiger partial charge on any atom is -0.310 e. The first kappa shape index (κ1) is 12.8. The summed E-state index contributed by atoms with van der Waals surface area (Å²) in [7, 11) is 0. The van der Waals surface area contributed by atoms with E-state index in [1.807, 2.05) is 11.7 Å². The Kier molecular flexibility index (Phi) is 3.95. The largest absolute Gasteiger partial charge is 0.310 e. The van der Waals surface area contributed by atoms with E-state index in [9.17, 15) is 0 Å². The second-order valence-electron chi connectivity index (χ2n) is 5.27. The third kappa shape index (κ3) is 2.72. The first-order chi connectivity index (χ1) is 9.38. The molecule has 3 heteroatoms. The third-order valence-electron chi connectivity index (χ3n) is 3.90. The number of aromatic nitrogens is 1. The summed E-state index contributed by atoms with van der Waals surface area (Å²) in [5, 5.41) is 3.73. The zero-order valence-electron chi connectivity index (χ0n) is 11.3. The summed E-state index contributed by atoms with van der Waals surface area (Å²) in [5.41, 5.74) is 4.96. The van der Waals surface area contributed by atoms with Crippen LogP contribution in [0.1, 0.15) is 35.4 Å². The molecule has 2 nitrogen and oxygen atoms in total. The highest BCUT2D eigenvalue weighted by Crippen LogP contribution is 2.38. The highest BCUT2D eigenvalue weighted by Gasteiger charge is 2.31. The molecule has 2 aromatic rings. The molecule has 1 aliphatic carbocycles. The number of nitrogens with one attached hydrogen (secondary N) is 1. The summed E-state index contributed by atoms with van der Waals surface area (Å²) < 4.78 is 0. The Bertz CT molecular complexity index is 519. The van der Waals surface area contributed by atoms with Crippen LogP contribution >= 0.6 is 11.3 Å². The van der Waals surface area contributed by atoms with E-state index in [-0.39, 0.29) is 0 Å². The van der Waals surface area contributed by atoms with Gasteiger partial charge in [-0.2, -0.15) is 0 Å². The van der Waals surface area contributed by atoms with Gasteiger partial charge in [0.05, 0.1) is 5.51 Å². The predicted octanol–water partition coefficient (Wildman–Crippen LogP) is 3.60. The van der Waals surface area contributed by atoms with Gasteiger partial charge in [-0.05, 0) is 42.9 Å². The number of rotatable bonds is 5. The van der Waals surface area contributed by atoms with Crippen molar-refractivity contribution in [2.45, 2.75) is 32.2 Å². The van der Waals surface area contributed by atoms with Gasteiger partial charge in [-0.3, -0.25) is 4.98 Å². The standard InChI is InChI=1S/C16H20N2S/c1-2-7-18-16-13(9-14-10-17-11-19-14)8-12-5-3-4-6-15(12)16/h3-6,10-11,13,16,18H,2,7-9H2,1H3. The van der Waals surface area contributed by atoms with Gasteiger partial charge in [-0.25, -0.2) is 0 Å². The van der Waals surface area contributed by atoms with E-state index in [1.54, 1.807) is 11.3 Å². The van der Waals surface area contributed by atoms with Crippen LogP contribution in [0.5, 0.6) is 0 Å². The molecule has 0 radical (unpaired) electrons. The van der Waals surface area contributed by atoms with Crippen molar-refractivity contribution in [2.24, 2.45) is 5.92 Å². The van der Waals surface area contributed by atoms with Crippen molar-refractivity contribution in [3.63, 3.8) is 0 Å². The van der Waals surface area contributed by atoms with E-state index >= 15 is 0 Å². The lowest BCUT2D eigenvalue weighted by Gasteiger charge is -2.21. The molecular formula is C16H20N2S. The molecule has 1 heterocycles. The number of hydrogen-bond donors (Lipinski definition) is 1. The van der Waals surface area contributed by atoms with Gasteiger partial charge >= 0.3 is 0 Å². The van der Waals surface area contributed by atoms with Crippen LogP contribution in [0.25, 0.3) is 0 Å². The van der Waals surface area contributed by atoms with Gasteiger partial charge in [0.2, 0.25) is 0 Å². The number of fused-ring (bicyclic) bond motifs is 1. The first-order valence-electron chi connectivity index (χ1n) is 7.07. The molecule has 1 aromatic heterocycles. The molecule has 0 amide bonds. The van der Waals surface area contributed by atoms with Gasteiger partial charge in [0, 0.05) is 17.1 Å². The second-order valence-corrected chi connectivity index (χ2v) is 6.24. The Morgan fingerprint density at radius 3 is 3.05 bits per heavy atom. The van der Waals surface area contributed by atoms with Crippen LogP contribution in [0.15, 0.2) is 36.0 Å². The van der Waals surface area contributed by atoms with Crippen LogP contribution in [0.3, 0.4) is 0 Å². The maximum atomic E-state index is 4.20. The molecule has 0 spiro atoms. The molecular weight excluding hydrogens is 252 g/mol. The normalized spacial score (nSPS) is 21.5. The minimum absolute atomic E-state index is 0.512. The average molecular weight is 272 g/mol. The fraction of sp³-hybridized carbons (Fsp3) is 0.438. The van der Waals surface area contributed by atoms with Gasteiger partial charge in [-0.1, -0.05) is 31.2 Å². The lowest BCUT2D eigenvalue weighted by molar-refractivity contribution is 0.388. The topological polar surface area (TPSA) is 24.9 Å². The molecule has 0 aliphatic heterocycles. The number of thiazole rings is 1. The van der Waals surface area contributed by atoms with Gasteiger partial charge in [0.15, 0.2) is 0 Å². The zero-order valence-corrected chi connectivity index (χ0v) is 12.1. The zero-order chi connectivity index (χ0) is 13.1. The summed E-state index contributed by atoms with van der Waals surface area (Å²) in [5.74, 6) is 0.671. The Morgan fingerprint density at radius 1 is 1.37 bits per heavy atom. The number of nitrogens with zero attached hydrogens (tertiary/aromatic N) is 1. The molecule has 2 unspecified atom stereocenters. The van der Waals surface area contributed by atoms with Gasteiger partial charge in [0.25, 0.3) is 0 Å². The maximum Gasteiger partial charge on any atom is 0.0794 e. The number of benzene rings is 1. The second kappa shape index (κ2) is 5.85. The summed E-state index contributed by atoms with van der Waals surface area (Å²) >= 11 is 1.78. The lowest BCUT2D eigenvalue weighted by Crippen LogP contribution is -2.27. The van der Waals surface area contributed by atoms with Crippen LogP contribution in [0.4, 0.5) is 0 Å². The summed E-state index contributed by atoms with van der Waals surface area (Å²) in [6.07, 6.45) is 5.53. The number of hydrogen-bond acceptors (Lipinski definition) is 3. The first-order valence-corrected chi connectivity index (χ1v) is 7.95. The van der Waals surface area contributed by atoms with Gasteiger partial charge in [-0.15, -0.1) is 11.3 Å². The van der Waals surface area contributed by atoms with Crippen molar-refractivity contribution >= 4 is 11.3 Å². The van der Waals surface area contributed by atoms with Crippen LogP contribution in [0, 0.1) is 5.92 Å². The molecule has 0 bridgehead atoms. The Labute approximate surface area is 118 Å². The summed E-state index contributed by atoms with van der Waals surface area (Å²) in [6, 6.07) is 9.40. The maximum absolute atomic E-state index is 4.20. The molecule has 1 aromatic carbocycles. The monoisotopic (exact) mass is 272 g/mol. The van der Waals surface area contributed by atoms with Crippen molar-refractivity contribution in [3.05, 3.63) is 52.0 Å². The molecule has 1 N–H and O–H groups in total. The quantitative estimate of drug-likeness (QED) is 0.899. The molecule has 2 atom stereocenters. The molecule has 0 fully saturated rings. The molecule has 100 valence electrons. The SMILES string of the molecule is CCCNC1c2ccccc2CC1Cc1cncs1. The smallest absolute Gasteiger partial charge is 0.0794 e. The Morgan fingerprint density at radius 2 is 2.26 bits per heavy atom. The molecule has 1 aliphatic rings. The van der Waals surface area contributed by atoms with Gasteiger partial charge < -0.3 is 5.32 Å². The fourth-order valence-corrected chi connectivity index (χ4v) is 3.73. The van der Waals surface area contributed by atoms with E-state index in [4.69, 9.17) is 0 Å². The van der Waals surface area contributed by atoms with Crippen molar-refractivity contribution in [2.75, 3.05) is 6.54 Å². The van der Waals surface area contributed by atoms with Crippen LogP contribution in [0.2, 0.25) is 0 Å². The van der Waals surface area contributed by atoms with E-state index in [1.165, 1.54) is 28.8 Å². The Balaban J connectivity index is 1.80. The van der Waals surface area contributed by atoms with Crippen LogP contribution in [-0.2, 0) is 12.8 Å². The highest BCUT2D eigenvalue weighted by molar-refractivity contribution is 7.09. The third-order valence-corrected chi connectivity index (χ3v) is 4.71. The molecule has 0 saturated carbocycles. The van der Waals surface area contributed by atoms with E-state index in [0.717, 1.165) is 13.0 Å². The molecule has 0 saturated heterocycles. The van der Waals surface area contributed by atoms with Crippen molar-refractivity contribution in [1.82, 2.24) is 10.3 Å². The van der Waals surface area contributed by atoms with Crippen molar-refractivity contribution < 1.29 is 0 Å². The fourth-order valence-electron chi connectivity index (χ4n) is 3.05. The minimum atomic E-state index is 0.512. The van der Waals surface area contributed by atoms with Crippen molar-refractivity contribution in [3.8, 4) is 0 Å². The average Bonchev–Trinajstić information content (AvgIpc) is 3.04. The predicted molar refractivity (Wildman–Crippen MR) is 80.5 cm³/mol.